The van der Waals surface area contributed by atoms with Crippen molar-refractivity contribution in [1.29, 1.82) is 0 Å². The Labute approximate surface area is 249 Å². The lowest BCUT2D eigenvalue weighted by molar-refractivity contribution is -0.160. The third kappa shape index (κ3) is 34.3. The average molecular weight is 613 g/mol. The molecule has 0 unspecified atom stereocenters. The monoisotopic (exact) mass is 612 g/mol. The fourth-order valence-electron chi connectivity index (χ4n) is 2.90. The van der Waals surface area contributed by atoms with Gasteiger partial charge in [0, 0.05) is 12.8 Å². The molecule has 0 rings (SSSR count). The molecule has 1 N–H and O–H groups in total. The van der Waals surface area contributed by atoms with Gasteiger partial charge in [0.05, 0.1) is 99.1 Å². The third-order valence-corrected chi connectivity index (χ3v) is 4.76. The molecular formula is C28H52O14. The van der Waals surface area contributed by atoms with Crippen molar-refractivity contribution in [2.75, 3.05) is 112 Å². The molecule has 0 aromatic carbocycles. The van der Waals surface area contributed by atoms with Crippen LogP contribution in [0.4, 0.5) is 0 Å². The number of carbonyl (C=O) groups excluding carboxylic acids is 2. The van der Waals surface area contributed by atoms with Gasteiger partial charge in [-0.3, -0.25) is 9.59 Å². The molecule has 0 saturated carbocycles. The average Bonchev–Trinajstić information content (AvgIpc) is 2.92. The summed E-state index contributed by atoms with van der Waals surface area (Å²) in [7, 11) is 0. The Hall–Kier alpha value is -1.91. The van der Waals surface area contributed by atoms with E-state index in [2.05, 4.69) is 0 Å². The molecule has 0 aromatic rings. The number of carbonyl (C=O) groups is 3. The summed E-state index contributed by atoms with van der Waals surface area (Å²) >= 11 is 0. The molecule has 0 spiro atoms. The molecule has 0 radical (unpaired) electrons. The predicted octanol–water partition coefficient (Wildman–Crippen LogP) is 1.65. The number of rotatable bonds is 31. The van der Waals surface area contributed by atoms with Gasteiger partial charge in [0.15, 0.2) is 0 Å². The largest absolute Gasteiger partial charge is 0.481 e. The Morgan fingerprint density at radius 2 is 0.810 bits per heavy atom. The maximum absolute atomic E-state index is 11.5. The van der Waals surface area contributed by atoms with Gasteiger partial charge >= 0.3 is 17.9 Å². The van der Waals surface area contributed by atoms with Crippen LogP contribution in [0.15, 0.2) is 0 Å². The first-order valence-electron chi connectivity index (χ1n) is 14.4. The molecule has 42 heavy (non-hydrogen) atoms. The second kappa shape index (κ2) is 29.2. The fraction of sp³-hybridized carbons (Fsp3) is 0.893. The molecule has 0 aliphatic carbocycles. The van der Waals surface area contributed by atoms with Gasteiger partial charge < -0.3 is 52.5 Å². The van der Waals surface area contributed by atoms with Crippen molar-refractivity contribution in [2.24, 2.45) is 0 Å². The maximum Gasteiger partial charge on any atom is 0.332 e. The van der Waals surface area contributed by atoms with E-state index in [-0.39, 0.29) is 38.6 Å². The molecule has 14 nitrogen and oxygen atoms in total. The van der Waals surface area contributed by atoms with E-state index >= 15 is 0 Å². The summed E-state index contributed by atoms with van der Waals surface area (Å²) in [5.74, 6) is -1.61. The molecule has 0 aromatic heterocycles. The van der Waals surface area contributed by atoms with E-state index in [1.807, 2.05) is 0 Å². The van der Waals surface area contributed by atoms with Crippen LogP contribution >= 0.6 is 0 Å². The van der Waals surface area contributed by atoms with Gasteiger partial charge in [-0.05, 0) is 33.6 Å². The molecule has 0 saturated heterocycles. The van der Waals surface area contributed by atoms with E-state index in [9.17, 15) is 14.4 Å². The van der Waals surface area contributed by atoms with E-state index in [0.29, 0.717) is 105 Å². The molecule has 14 heteroatoms. The SMILES string of the molecule is CC(C)(C)OC(=O)COCCOCCOCCOCCOCCOCCOCCOCCOC(=O)CCCCC(=O)O. The van der Waals surface area contributed by atoms with Gasteiger partial charge in [0.2, 0.25) is 0 Å². The zero-order valence-electron chi connectivity index (χ0n) is 25.6. The Morgan fingerprint density at radius 1 is 0.476 bits per heavy atom. The van der Waals surface area contributed by atoms with Crippen LogP contribution in [0.2, 0.25) is 0 Å². The van der Waals surface area contributed by atoms with Crippen LogP contribution < -0.4 is 0 Å². The van der Waals surface area contributed by atoms with Gasteiger partial charge in [-0.2, -0.15) is 0 Å². The van der Waals surface area contributed by atoms with E-state index in [1.54, 1.807) is 20.8 Å². The van der Waals surface area contributed by atoms with E-state index < -0.39 is 17.5 Å². The zero-order chi connectivity index (χ0) is 31.2. The Morgan fingerprint density at radius 3 is 1.17 bits per heavy atom. The summed E-state index contributed by atoms with van der Waals surface area (Å²) in [4.78, 5) is 33.3. The number of carboxylic acid groups (broad SMARTS) is 1. The van der Waals surface area contributed by atoms with Crippen LogP contribution in [0, 0.1) is 0 Å². The quantitative estimate of drug-likeness (QED) is 0.0887. The zero-order valence-corrected chi connectivity index (χ0v) is 25.6. The molecule has 0 bridgehead atoms. The van der Waals surface area contributed by atoms with Gasteiger partial charge in [-0.25, -0.2) is 4.79 Å². The Kier molecular flexibility index (Phi) is 27.8. The van der Waals surface area contributed by atoms with Crippen LogP contribution in [0.3, 0.4) is 0 Å². The topological polar surface area (TPSA) is 164 Å². The van der Waals surface area contributed by atoms with Crippen molar-refractivity contribution >= 4 is 17.9 Å². The Bertz CT molecular complexity index is 653. The van der Waals surface area contributed by atoms with Crippen molar-refractivity contribution in [1.82, 2.24) is 0 Å². The third-order valence-electron chi connectivity index (χ3n) is 4.76. The number of hydrogen-bond acceptors (Lipinski definition) is 13. The molecule has 0 amide bonds. The minimum Gasteiger partial charge on any atom is -0.481 e. The van der Waals surface area contributed by atoms with Crippen LogP contribution in [-0.2, 0) is 61.8 Å². The highest BCUT2D eigenvalue weighted by Crippen LogP contribution is 2.06. The summed E-state index contributed by atoms with van der Waals surface area (Å²) in [6.07, 6.45) is 1.22. The lowest BCUT2D eigenvalue weighted by atomic mass is 10.2. The van der Waals surface area contributed by atoms with Crippen molar-refractivity contribution in [3.8, 4) is 0 Å². The van der Waals surface area contributed by atoms with Crippen LogP contribution in [0.1, 0.15) is 46.5 Å². The molecule has 0 heterocycles. The van der Waals surface area contributed by atoms with E-state index in [0.717, 1.165) is 0 Å². The molecule has 0 aliphatic rings. The van der Waals surface area contributed by atoms with E-state index in [4.69, 9.17) is 52.5 Å². The van der Waals surface area contributed by atoms with Crippen LogP contribution in [0.5, 0.6) is 0 Å². The van der Waals surface area contributed by atoms with Crippen molar-refractivity contribution in [2.45, 2.75) is 52.1 Å². The number of aliphatic carboxylic acids is 1. The Balaban J connectivity index is 3.16. The first-order chi connectivity index (χ1) is 20.2. The van der Waals surface area contributed by atoms with Crippen LogP contribution in [-0.4, -0.2) is 141 Å². The lowest BCUT2D eigenvalue weighted by Gasteiger charge is -2.19. The highest BCUT2D eigenvalue weighted by molar-refractivity contribution is 5.71. The van der Waals surface area contributed by atoms with Crippen LogP contribution in [0.25, 0.3) is 0 Å². The normalized spacial score (nSPS) is 11.5. The summed E-state index contributed by atoms with van der Waals surface area (Å²) in [6, 6.07) is 0. The predicted molar refractivity (Wildman–Crippen MR) is 149 cm³/mol. The second-order valence-electron chi connectivity index (χ2n) is 9.75. The first kappa shape index (κ1) is 40.1. The summed E-state index contributed by atoms with van der Waals surface area (Å²) in [5, 5.41) is 8.53. The number of unbranched alkanes of at least 4 members (excludes halogenated alkanes) is 1. The minimum absolute atomic E-state index is 0.0575. The molecular weight excluding hydrogens is 560 g/mol. The van der Waals surface area contributed by atoms with Gasteiger partial charge in [-0.1, -0.05) is 0 Å². The van der Waals surface area contributed by atoms with Gasteiger partial charge in [0.25, 0.3) is 0 Å². The molecule has 0 atom stereocenters. The minimum atomic E-state index is -0.866. The number of hydrogen-bond donors (Lipinski definition) is 1. The van der Waals surface area contributed by atoms with Gasteiger partial charge in [-0.15, -0.1) is 0 Å². The maximum atomic E-state index is 11.5. The smallest absolute Gasteiger partial charge is 0.332 e. The molecule has 0 aliphatic heterocycles. The van der Waals surface area contributed by atoms with E-state index in [1.165, 1.54) is 0 Å². The number of carboxylic acids is 1. The second-order valence-corrected chi connectivity index (χ2v) is 9.75. The highest BCUT2D eigenvalue weighted by atomic mass is 16.6. The summed E-state index contributed by atoms with van der Waals surface area (Å²) < 4.78 is 53.1. The fourth-order valence-corrected chi connectivity index (χ4v) is 2.90. The number of ether oxygens (including phenoxy) is 10. The molecule has 0 fully saturated rings. The molecule has 248 valence electrons. The lowest BCUT2D eigenvalue weighted by Crippen LogP contribution is -2.27. The summed E-state index contributed by atoms with van der Waals surface area (Å²) in [6.45, 7) is 11.7. The first-order valence-corrected chi connectivity index (χ1v) is 14.4. The number of esters is 2. The van der Waals surface area contributed by atoms with Crippen molar-refractivity contribution < 1.29 is 66.9 Å². The summed E-state index contributed by atoms with van der Waals surface area (Å²) in [5.41, 5.74) is -0.518. The standard InChI is InChI=1S/C28H52O14/c1-28(2,3)42-27(32)24-40-21-20-38-17-16-36-13-12-34-9-8-33-10-11-35-14-15-37-18-19-39-22-23-41-26(31)7-5-4-6-25(29)30/h4-24H2,1-3H3,(H,29,30). The van der Waals surface area contributed by atoms with Gasteiger partial charge in [0.1, 0.15) is 18.8 Å². The highest BCUT2D eigenvalue weighted by Gasteiger charge is 2.15. The van der Waals surface area contributed by atoms with Crippen molar-refractivity contribution in [3.63, 3.8) is 0 Å². The van der Waals surface area contributed by atoms with Crippen molar-refractivity contribution in [3.05, 3.63) is 0 Å².